The summed E-state index contributed by atoms with van der Waals surface area (Å²) in [6.07, 6.45) is 0.334. The van der Waals surface area contributed by atoms with Gasteiger partial charge < -0.3 is 0 Å². The van der Waals surface area contributed by atoms with Crippen molar-refractivity contribution in [1.29, 1.82) is 0 Å². The molecule has 3 rings (SSSR count). The lowest BCUT2D eigenvalue weighted by Crippen LogP contribution is -2.26. The molecule has 1 heterocycles. The van der Waals surface area contributed by atoms with Crippen molar-refractivity contribution in [2.75, 3.05) is 6.54 Å². The first kappa shape index (κ1) is 19.5. The Morgan fingerprint density at radius 2 is 1.70 bits per heavy atom. The van der Waals surface area contributed by atoms with Gasteiger partial charge in [0.15, 0.2) is 0 Å². The molecule has 0 saturated carbocycles. The number of hydrogen-bond donors (Lipinski definition) is 1. The van der Waals surface area contributed by atoms with E-state index in [1.807, 2.05) is 0 Å². The van der Waals surface area contributed by atoms with Crippen LogP contribution in [0.4, 0.5) is 13.2 Å². The van der Waals surface area contributed by atoms with Gasteiger partial charge >= 0.3 is 0 Å². The molecule has 3 aromatic rings. The van der Waals surface area contributed by atoms with Crippen molar-refractivity contribution >= 4 is 21.4 Å². The summed E-state index contributed by atoms with van der Waals surface area (Å²) in [7, 11) is -4.17. The molecule has 142 valence electrons. The maximum absolute atomic E-state index is 13.7. The zero-order valence-electron chi connectivity index (χ0n) is 14.2. The van der Waals surface area contributed by atoms with Crippen molar-refractivity contribution in [3.63, 3.8) is 0 Å². The van der Waals surface area contributed by atoms with Crippen LogP contribution >= 0.6 is 11.3 Å². The normalized spacial score (nSPS) is 11.7. The summed E-state index contributed by atoms with van der Waals surface area (Å²) in [6, 6.07) is 8.18. The molecule has 0 spiro atoms. The van der Waals surface area contributed by atoms with Gasteiger partial charge in [-0.25, -0.2) is 31.3 Å². The molecule has 1 aromatic heterocycles. The number of sulfonamides is 1. The summed E-state index contributed by atoms with van der Waals surface area (Å²) in [5.41, 5.74) is 1.49. The van der Waals surface area contributed by atoms with Gasteiger partial charge in [-0.05, 0) is 55.8 Å². The molecule has 0 fully saturated rings. The molecule has 4 nitrogen and oxygen atoms in total. The Balaban J connectivity index is 1.70. The van der Waals surface area contributed by atoms with Gasteiger partial charge in [0.1, 0.15) is 27.4 Å². The van der Waals surface area contributed by atoms with Crippen molar-refractivity contribution in [2.24, 2.45) is 0 Å². The van der Waals surface area contributed by atoms with E-state index < -0.39 is 26.6 Å². The van der Waals surface area contributed by atoms with E-state index in [0.29, 0.717) is 17.5 Å². The van der Waals surface area contributed by atoms with Crippen molar-refractivity contribution in [3.05, 3.63) is 70.5 Å². The summed E-state index contributed by atoms with van der Waals surface area (Å²) in [5.74, 6) is -2.19. The third kappa shape index (κ3) is 4.55. The highest BCUT2D eigenvalue weighted by atomic mass is 32.2. The average molecular weight is 412 g/mol. The average Bonchev–Trinajstić information content (AvgIpc) is 2.98. The van der Waals surface area contributed by atoms with Crippen molar-refractivity contribution < 1.29 is 21.6 Å². The first-order valence-corrected chi connectivity index (χ1v) is 10.2. The Bertz CT molecular complexity index is 1060. The van der Waals surface area contributed by atoms with E-state index in [2.05, 4.69) is 9.71 Å². The molecule has 2 aromatic carbocycles. The molecule has 0 amide bonds. The Labute approximate surface area is 158 Å². The molecule has 0 saturated heterocycles. The number of nitrogens with zero attached hydrogens (tertiary/aromatic N) is 1. The minimum Gasteiger partial charge on any atom is -0.241 e. The lowest BCUT2D eigenvalue weighted by molar-refractivity contribution is 0.546. The van der Waals surface area contributed by atoms with Crippen LogP contribution in [0.25, 0.3) is 10.6 Å². The summed E-state index contributed by atoms with van der Waals surface area (Å²) in [4.78, 5) is 4.54. The van der Waals surface area contributed by atoms with Crippen LogP contribution in [0.1, 0.15) is 10.6 Å². The second kappa shape index (κ2) is 7.79. The fourth-order valence-electron chi connectivity index (χ4n) is 2.44. The van der Waals surface area contributed by atoms with Crippen LogP contribution < -0.4 is 4.72 Å². The molecule has 0 radical (unpaired) electrons. The van der Waals surface area contributed by atoms with Gasteiger partial charge in [-0.2, -0.15) is 0 Å². The number of aryl methyl sites for hydroxylation is 1. The van der Waals surface area contributed by atoms with Gasteiger partial charge in [0.2, 0.25) is 10.0 Å². The SMILES string of the molecule is Cc1nc(-c2ccc(F)cc2)sc1CCNS(=O)(=O)c1cc(F)ccc1F. The lowest BCUT2D eigenvalue weighted by Gasteiger charge is -2.07. The smallest absolute Gasteiger partial charge is 0.241 e. The Morgan fingerprint density at radius 1 is 1.04 bits per heavy atom. The summed E-state index contributed by atoms with van der Waals surface area (Å²) < 4.78 is 66.5. The van der Waals surface area contributed by atoms with E-state index in [4.69, 9.17) is 0 Å². The minimum atomic E-state index is -4.17. The predicted molar refractivity (Wildman–Crippen MR) is 97.5 cm³/mol. The van der Waals surface area contributed by atoms with E-state index in [-0.39, 0.29) is 12.4 Å². The highest BCUT2D eigenvalue weighted by Gasteiger charge is 2.20. The number of benzene rings is 2. The Hall–Kier alpha value is -2.23. The van der Waals surface area contributed by atoms with E-state index in [1.54, 1.807) is 19.1 Å². The van der Waals surface area contributed by atoms with Gasteiger partial charge in [-0.1, -0.05) is 0 Å². The second-order valence-corrected chi connectivity index (χ2v) is 8.58. The standard InChI is InChI=1S/C18H15F3N2O2S2/c1-11-16(26-18(23-11)12-2-4-13(19)5-3-12)8-9-22-27(24,25)17-10-14(20)6-7-15(17)21/h2-7,10,22H,8-9H2,1H3. The number of rotatable bonds is 6. The maximum Gasteiger partial charge on any atom is 0.243 e. The van der Waals surface area contributed by atoms with E-state index in [1.165, 1.54) is 23.5 Å². The quantitative estimate of drug-likeness (QED) is 0.664. The minimum absolute atomic E-state index is 0.00414. The van der Waals surface area contributed by atoms with Crippen LogP contribution in [0.15, 0.2) is 47.4 Å². The topological polar surface area (TPSA) is 59.1 Å². The number of aromatic nitrogens is 1. The highest BCUT2D eigenvalue weighted by molar-refractivity contribution is 7.89. The van der Waals surface area contributed by atoms with Gasteiger partial charge in [-0.15, -0.1) is 11.3 Å². The maximum atomic E-state index is 13.7. The van der Waals surface area contributed by atoms with Gasteiger partial charge in [0, 0.05) is 17.0 Å². The predicted octanol–water partition coefficient (Wildman–Crippen LogP) is 4.06. The number of hydrogen-bond acceptors (Lipinski definition) is 4. The van der Waals surface area contributed by atoms with Crippen LogP contribution in [0.2, 0.25) is 0 Å². The third-order valence-corrected chi connectivity index (χ3v) is 6.55. The van der Waals surface area contributed by atoms with Crippen LogP contribution in [-0.2, 0) is 16.4 Å². The molecule has 0 aliphatic rings. The molecule has 0 aliphatic heterocycles. The molecule has 0 atom stereocenters. The van der Waals surface area contributed by atoms with E-state index >= 15 is 0 Å². The van der Waals surface area contributed by atoms with Crippen molar-refractivity contribution in [3.8, 4) is 10.6 Å². The second-order valence-electron chi connectivity index (χ2n) is 5.76. The monoisotopic (exact) mass is 412 g/mol. The third-order valence-electron chi connectivity index (χ3n) is 3.81. The zero-order valence-corrected chi connectivity index (χ0v) is 15.8. The van der Waals surface area contributed by atoms with Crippen LogP contribution in [-0.4, -0.2) is 19.9 Å². The molecular formula is C18H15F3N2O2S2. The molecule has 0 unspecified atom stereocenters. The Morgan fingerprint density at radius 3 is 2.41 bits per heavy atom. The number of halogens is 3. The van der Waals surface area contributed by atoms with Crippen LogP contribution in [0.3, 0.4) is 0 Å². The molecule has 27 heavy (non-hydrogen) atoms. The molecule has 9 heteroatoms. The molecular weight excluding hydrogens is 397 g/mol. The van der Waals surface area contributed by atoms with Gasteiger partial charge in [0.25, 0.3) is 0 Å². The first-order chi connectivity index (χ1) is 12.8. The number of nitrogens with one attached hydrogen (secondary N) is 1. The van der Waals surface area contributed by atoms with E-state index in [0.717, 1.165) is 28.3 Å². The van der Waals surface area contributed by atoms with Crippen molar-refractivity contribution in [2.45, 2.75) is 18.2 Å². The van der Waals surface area contributed by atoms with E-state index in [9.17, 15) is 21.6 Å². The van der Waals surface area contributed by atoms with Gasteiger partial charge in [0.05, 0.1) is 5.69 Å². The summed E-state index contributed by atoms with van der Waals surface area (Å²) >= 11 is 1.37. The summed E-state index contributed by atoms with van der Waals surface area (Å²) in [6.45, 7) is 1.80. The number of thiazole rings is 1. The molecule has 0 aliphatic carbocycles. The Kier molecular flexibility index (Phi) is 5.64. The fourth-order valence-corrected chi connectivity index (χ4v) is 4.62. The lowest BCUT2D eigenvalue weighted by atomic mass is 10.2. The van der Waals surface area contributed by atoms with Gasteiger partial charge in [-0.3, -0.25) is 0 Å². The van der Waals surface area contributed by atoms with Crippen LogP contribution in [0, 0.1) is 24.4 Å². The highest BCUT2D eigenvalue weighted by Crippen LogP contribution is 2.28. The largest absolute Gasteiger partial charge is 0.243 e. The van der Waals surface area contributed by atoms with Crippen LogP contribution in [0.5, 0.6) is 0 Å². The van der Waals surface area contributed by atoms with Crippen molar-refractivity contribution in [1.82, 2.24) is 9.71 Å². The fraction of sp³-hybridized carbons (Fsp3) is 0.167. The first-order valence-electron chi connectivity index (χ1n) is 7.93. The summed E-state index contributed by atoms with van der Waals surface area (Å²) in [5, 5.41) is 0.696. The molecule has 0 bridgehead atoms. The zero-order chi connectivity index (χ0) is 19.6. The molecule has 1 N–H and O–H groups in total.